The van der Waals surface area contributed by atoms with Gasteiger partial charge in [0.1, 0.15) is 5.69 Å². The molecule has 0 aliphatic rings. The summed E-state index contributed by atoms with van der Waals surface area (Å²) in [7, 11) is 1.62. The van der Waals surface area contributed by atoms with Crippen LogP contribution in [-0.2, 0) is 6.54 Å². The predicted octanol–water partition coefficient (Wildman–Crippen LogP) is 1.61. The van der Waals surface area contributed by atoms with Gasteiger partial charge < -0.3 is 15.2 Å². The van der Waals surface area contributed by atoms with E-state index in [1.165, 1.54) is 0 Å². The Kier molecular flexibility index (Phi) is 4.72. The van der Waals surface area contributed by atoms with E-state index in [1.54, 1.807) is 30.2 Å². The molecule has 2 rings (SSSR count). The highest BCUT2D eigenvalue weighted by Gasteiger charge is 2.20. The number of imidazole rings is 1. The first-order valence-corrected chi connectivity index (χ1v) is 8.25. The maximum absolute atomic E-state index is 10.1. The first-order chi connectivity index (χ1) is 9.07. The number of aromatic nitrogens is 2. The number of ether oxygens (including phenoxy) is 1. The Labute approximate surface area is 121 Å². The zero-order valence-electron chi connectivity index (χ0n) is 11.3. The van der Waals surface area contributed by atoms with E-state index in [2.05, 4.69) is 10.3 Å². The van der Waals surface area contributed by atoms with Crippen molar-refractivity contribution in [3.8, 4) is 5.88 Å². The lowest BCUT2D eigenvalue weighted by Gasteiger charge is -2.22. The molecule has 0 amide bonds. The van der Waals surface area contributed by atoms with Gasteiger partial charge in [0.25, 0.3) is 0 Å². The predicted molar refractivity (Wildman–Crippen MR) is 80.3 cm³/mol. The van der Waals surface area contributed by atoms with E-state index in [0.717, 1.165) is 10.7 Å². The Bertz CT molecular complexity index is 536. The molecule has 0 saturated heterocycles. The van der Waals surface area contributed by atoms with Crippen LogP contribution in [0.5, 0.6) is 5.88 Å². The van der Waals surface area contributed by atoms with Crippen molar-refractivity contribution in [3.63, 3.8) is 0 Å². The molecule has 1 unspecified atom stereocenters. The number of hydrogen-bond donors (Lipinski definition) is 2. The number of rotatable bonds is 7. The van der Waals surface area contributed by atoms with E-state index in [0.29, 0.717) is 24.7 Å². The number of fused-ring (bicyclic) bond motifs is 1. The minimum atomic E-state index is -0.703. The normalized spacial score (nSPS) is 14.7. The summed E-state index contributed by atoms with van der Waals surface area (Å²) in [4.78, 5) is 5.32. The summed E-state index contributed by atoms with van der Waals surface area (Å²) in [5, 5.41) is 15.4. The van der Waals surface area contributed by atoms with Gasteiger partial charge in [-0.25, -0.2) is 0 Å². The van der Waals surface area contributed by atoms with Gasteiger partial charge in [-0.15, -0.1) is 11.3 Å². The Morgan fingerprint density at radius 1 is 1.63 bits per heavy atom. The highest BCUT2D eigenvalue weighted by atomic mass is 32.2. The summed E-state index contributed by atoms with van der Waals surface area (Å²) in [6, 6.07) is 0. The van der Waals surface area contributed by atoms with Crippen LogP contribution in [0.2, 0.25) is 0 Å². The van der Waals surface area contributed by atoms with Crippen LogP contribution >= 0.6 is 23.1 Å². The number of methoxy groups -OCH3 is 1. The summed E-state index contributed by atoms with van der Waals surface area (Å²) >= 11 is 3.21. The standard InChI is InChI=1S/C12H19N3O2S2/c1-12(16,8-18-3)7-13-6-9-10(17-2)14-11-15(9)4-5-19-11/h4-5,13,16H,6-8H2,1-3H3. The lowest BCUT2D eigenvalue weighted by atomic mass is 10.1. The number of thioether (sulfide) groups is 1. The fraction of sp³-hybridized carbons (Fsp3) is 0.583. The molecule has 106 valence electrons. The van der Waals surface area contributed by atoms with E-state index >= 15 is 0 Å². The molecule has 0 fully saturated rings. The van der Waals surface area contributed by atoms with Crippen LogP contribution in [0.3, 0.4) is 0 Å². The fourth-order valence-electron chi connectivity index (χ4n) is 1.95. The molecule has 0 saturated carbocycles. The summed E-state index contributed by atoms with van der Waals surface area (Å²) < 4.78 is 7.30. The van der Waals surface area contributed by atoms with Gasteiger partial charge in [0.05, 0.1) is 12.7 Å². The minimum Gasteiger partial charge on any atom is -0.480 e. The number of thiazole rings is 1. The monoisotopic (exact) mass is 301 g/mol. The van der Waals surface area contributed by atoms with E-state index in [4.69, 9.17) is 4.74 Å². The van der Waals surface area contributed by atoms with Crippen molar-refractivity contribution < 1.29 is 9.84 Å². The summed E-state index contributed by atoms with van der Waals surface area (Å²) in [6.45, 7) is 2.99. The molecule has 0 aliphatic heterocycles. The minimum absolute atomic E-state index is 0.536. The van der Waals surface area contributed by atoms with Gasteiger partial charge in [0.15, 0.2) is 4.96 Å². The molecule has 0 aromatic carbocycles. The maximum Gasteiger partial charge on any atom is 0.237 e. The van der Waals surface area contributed by atoms with Crippen LogP contribution in [0.15, 0.2) is 11.6 Å². The van der Waals surface area contributed by atoms with Crippen LogP contribution in [0.25, 0.3) is 4.96 Å². The molecule has 19 heavy (non-hydrogen) atoms. The van der Waals surface area contributed by atoms with Crippen LogP contribution in [0, 0.1) is 0 Å². The first-order valence-electron chi connectivity index (χ1n) is 5.98. The molecule has 2 heterocycles. The number of aliphatic hydroxyl groups is 1. The average molecular weight is 301 g/mol. The molecule has 2 N–H and O–H groups in total. The van der Waals surface area contributed by atoms with E-state index in [-0.39, 0.29) is 0 Å². The van der Waals surface area contributed by atoms with Crippen molar-refractivity contribution in [3.05, 3.63) is 17.3 Å². The Balaban J connectivity index is 2.03. The van der Waals surface area contributed by atoms with Crippen molar-refractivity contribution in [2.75, 3.05) is 25.7 Å². The molecular formula is C12H19N3O2S2. The van der Waals surface area contributed by atoms with E-state index in [9.17, 15) is 5.11 Å². The van der Waals surface area contributed by atoms with Gasteiger partial charge in [-0.2, -0.15) is 16.7 Å². The Morgan fingerprint density at radius 3 is 3.11 bits per heavy atom. The topological polar surface area (TPSA) is 58.8 Å². The van der Waals surface area contributed by atoms with Crippen molar-refractivity contribution in [2.24, 2.45) is 0 Å². The zero-order chi connectivity index (χ0) is 13.9. The van der Waals surface area contributed by atoms with Crippen molar-refractivity contribution in [2.45, 2.75) is 19.1 Å². The smallest absolute Gasteiger partial charge is 0.237 e. The van der Waals surface area contributed by atoms with Crippen molar-refractivity contribution >= 4 is 28.1 Å². The molecule has 0 bridgehead atoms. The lowest BCUT2D eigenvalue weighted by molar-refractivity contribution is 0.0844. The van der Waals surface area contributed by atoms with Gasteiger partial charge >= 0.3 is 0 Å². The van der Waals surface area contributed by atoms with Crippen molar-refractivity contribution in [1.82, 2.24) is 14.7 Å². The van der Waals surface area contributed by atoms with Gasteiger partial charge in [0, 0.05) is 30.4 Å². The second kappa shape index (κ2) is 6.13. The molecule has 7 heteroatoms. The third-order valence-corrected chi connectivity index (χ3v) is 4.44. The fourth-order valence-corrected chi connectivity index (χ4v) is 3.40. The summed E-state index contributed by atoms with van der Waals surface area (Å²) in [5.74, 6) is 1.35. The number of nitrogens with zero attached hydrogens (tertiary/aromatic N) is 2. The van der Waals surface area contributed by atoms with Crippen LogP contribution < -0.4 is 10.1 Å². The second-order valence-corrected chi connectivity index (χ2v) is 6.40. The van der Waals surface area contributed by atoms with Crippen LogP contribution in [-0.4, -0.2) is 45.8 Å². The molecule has 1 atom stereocenters. The average Bonchev–Trinajstić information content (AvgIpc) is 2.90. The highest BCUT2D eigenvalue weighted by molar-refractivity contribution is 7.98. The third-order valence-electron chi connectivity index (χ3n) is 2.77. The van der Waals surface area contributed by atoms with Gasteiger partial charge in [-0.3, -0.25) is 4.40 Å². The Hall–Kier alpha value is -0.760. The van der Waals surface area contributed by atoms with Gasteiger partial charge in [-0.1, -0.05) is 0 Å². The molecule has 5 nitrogen and oxygen atoms in total. The molecular weight excluding hydrogens is 282 g/mol. The van der Waals surface area contributed by atoms with Gasteiger partial charge in [-0.05, 0) is 13.2 Å². The molecule has 0 aliphatic carbocycles. The SMILES string of the molecule is COc1nc2sccn2c1CNCC(C)(O)CSC. The summed E-state index contributed by atoms with van der Waals surface area (Å²) in [6.07, 6.45) is 3.97. The molecule has 0 spiro atoms. The highest BCUT2D eigenvalue weighted by Crippen LogP contribution is 2.23. The zero-order valence-corrected chi connectivity index (χ0v) is 13.0. The van der Waals surface area contributed by atoms with Crippen LogP contribution in [0.1, 0.15) is 12.6 Å². The summed E-state index contributed by atoms with van der Waals surface area (Å²) in [5.41, 5.74) is 0.282. The van der Waals surface area contributed by atoms with Crippen LogP contribution in [0.4, 0.5) is 0 Å². The number of hydrogen-bond acceptors (Lipinski definition) is 6. The van der Waals surface area contributed by atoms with E-state index in [1.807, 2.05) is 29.2 Å². The Morgan fingerprint density at radius 2 is 2.42 bits per heavy atom. The number of nitrogens with one attached hydrogen (secondary N) is 1. The first kappa shape index (κ1) is 14.6. The third kappa shape index (κ3) is 3.42. The molecule has 2 aromatic heterocycles. The quantitative estimate of drug-likeness (QED) is 0.813. The van der Waals surface area contributed by atoms with E-state index < -0.39 is 5.60 Å². The lowest BCUT2D eigenvalue weighted by Crippen LogP contribution is -2.39. The van der Waals surface area contributed by atoms with Crippen molar-refractivity contribution in [1.29, 1.82) is 0 Å². The maximum atomic E-state index is 10.1. The molecule has 2 aromatic rings. The van der Waals surface area contributed by atoms with Gasteiger partial charge in [0.2, 0.25) is 5.88 Å². The molecule has 0 radical (unpaired) electrons. The second-order valence-electron chi connectivity index (χ2n) is 4.66. The largest absolute Gasteiger partial charge is 0.480 e.